The summed E-state index contributed by atoms with van der Waals surface area (Å²) in [6.45, 7) is 3.35. The zero-order valence-electron chi connectivity index (χ0n) is 10.9. The van der Waals surface area contributed by atoms with Gasteiger partial charge in [0.25, 0.3) is 0 Å². The average Bonchev–Trinajstić information content (AvgIpc) is 2.78. The molecule has 1 heterocycles. The highest BCUT2D eigenvalue weighted by atomic mass is 16.5. The first-order valence-corrected chi connectivity index (χ1v) is 6.20. The molecule has 4 nitrogen and oxygen atoms in total. The second-order valence-electron chi connectivity index (χ2n) is 4.22. The Hall–Kier alpha value is -1.81. The van der Waals surface area contributed by atoms with Crippen LogP contribution in [0.15, 0.2) is 30.3 Å². The van der Waals surface area contributed by atoms with E-state index in [9.17, 15) is 0 Å². The maximum atomic E-state index is 5.64. The highest BCUT2D eigenvalue weighted by molar-refractivity contribution is 5.60. The van der Waals surface area contributed by atoms with E-state index >= 15 is 0 Å². The summed E-state index contributed by atoms with van der Waals surface area (Å²) in [4.78, 5) is 0. The zero-order chi connectivity index (χ0) is 13.0. The van der Waals surface area contributed by atoms with Gasteiger partial charge in [-0.25, -0.2) is 0 Å². The fraction of sp³-hybridized carbons (Fsp3) is 0.357. The molecule has 0 saturated heterocycles. The summed E-state index contributed by atoms with van der Waals surface area (Å²) in [5.74, 6) is 0.899. The van der Waals surface area contributed by atoms with E-state index in [1.165, 1.54) is 0 Å². The quantitative estimate of drug-likeness (QED) is 0.879. The van der Waals surface area contributed by atoms with Crippen molar-refractivity contribution in [2.75, 3.05) is 6.61 Å². The first-order chi connectivity index (χ1) is 8.74. The third kappa shape index (κ3) is 2.71. The standard InChI is InChI=1S/C14H19N3O/c1-3-8-18-13-6-4-11(5-7-13)14-9-12(10-15)17(2)16-14/h4-7,9H,3,8,10,15H2,1-2H3. The van der Waals surface area contributed by atoms with E-state index in [1.54, 1.807) is 0 Å². The van der Waals surface area contributed by atoms with Crippen molar-refractivity contribution in [3.63, 3.8) is 0 Å². The fourth-order valence-electron chi connectivity index (χ4n) is 1.78. The van der Waals surface area contributed by atoms with E-state index in [2.05, 4.69) is 12.0 Å². The summed E-state index contributed by atoms with van der Waals surface area (Å²) >= 11 is 0. The molecular weight excluding hydrogens is 226 g/mol. The van der Waals surface area contributed by atoms with E-state index in [1.807, 2.05) is 42.1 Å². The van der Waals surface area contributed by atoms with Crippen LogP contribution in [0.4, 0.5) is 0 Å². The molecule has 2 aromatic rings. The van der Waals surface area contributed by atoms with Gasteiger partial charge in [0.2, 0.25) is 0 Å². The highest BCUT2D eigenvalue weighted by Crippen LogP contribution is 2.22. The molecule has 0 bridgehead atoms. The molecule has 0 radical (unpaired) electrons. The zero-order valence-corrected chi connectivity index (χ0v) is 10.9. The smallest absolute Gasteiger partial charge is 0.119 e. The summed E-state index contributed by atoms with van der Waals surface area (Å²) in [7, 11) is 1.91. The Morgan fingerprint density at radius 2 is 2.00 bits per heavy atom. The molecule has 0 aliphatic carbocycles. The van der Waals surface area contributed by atoms with Gasteiger partial charge in [-0.3, -0.25) is 4.68 Å². The van der Waals surface area contributed by atoms with Gasteiger partial charge in [0, 0.05) is 19.2 Å². The lowest BCUT2D eigenvalue weighted by molar-refractivity contribution is 0.317. The van der Waals surface area contributed by atoms with Crippen LogP contribution in [-0.2, 0) is 13.6 Å². The van der Waals surface area contributed by atoms with Crippen molar-refractivity contribution < 1.29 is 4.74 Å². The lowest BCUT2D eigenvalue weighted by Crippen LogP contribution is -2.03. The molecule has 0 aliphatic heterocycles. The minimum absolute atomic E-state index is 0.501. The number of rotatable bonds is 5. The van der Waals surface area contributed by atoms with Crippen LogP contribution >= 0.6 is 0 Å². The van der Waals surface area contributed by atoms with E-state index in [4.69, 9.17) is 10.5 Å². The summed E-state index contributed by atoms with van der Waals surface area (Å²) < 4.78 is 7.37. The maximum Gasteiger partial charge on any atom is 0.119 e. The molecule has 0 atom stereocenters. The van der Waals surface area contributed by atoms with Crippen molar-refractivity contribution in [1.82, 2.24) is 9.78 Å². The van der Waals surface area contributed by atoms with Gasteiger partial charge in [-0.1, -0.05) is 6.92 Å². The molecule has 0 aliphatic rings. The van der Waals surface area contributed by atoms with Gasteiger partial charge in [-0.15, -0.1) is 0 Å². The number of aryl methyl sites for hydroxylation is 1. The first kappa shape index (κ1) is 12.6. The van der Waals surface area contributed by atoms with Gasteiger partial charge in [-0.05, 0) is 36.8 Å². The van der Waals surface area contributed by atoms with Crippen molar-refractivity contribution in [1.29, 1.82) is 0 Å². The molecule has 18 heavy (non-hydrogen) atoms. The third-order valence-electron chi connectivity index (χ3n) is 2.81. The molecule has 96 valence electrons. The number of benzene rings is 1. The highest BCUT2D eigenvalue weighted by Gasteiger charge is 2.06. The fourth-order valence-corrected chi connectivity index (χ4v) is 1.78. The predicted molar refractivity (Wildman–Crippen MR) is 72.3 cm³/mol. The number of nitrogens with zero attached hydrogens (tertiary/aromatic N) is 2. The minimum atomic E-state index is 0.501. The Morgan fingerprint density at radius 3 is 2.56 bits per heavy atom. The van der Waals surface area contributed by atoms with Crippen LogP contribution in [0.1, 0.15) is 19.0 Å². The van der Waals surface area contributed by atoms with Gasteiger partial charge in [0.1, 0.15) is 5.75 Å². The molecule has 0 spiro atoms. The molecule has 0 unspecified atom stereocenters. The SMILES string of the molecule is CCCOc1ccc(-c2cc(CN)n(C)n2)cc1. The first-order valence-electron chi connectivity index (χ1n) is 6.20. The van der Waals surface area contributed by atoms with Crippen molar-refractivity contribution in [3.8, 4) is 17.0 Å². The van der Waals surface area contributed by atoms with E-state index in [-0.39, 0.29) is 0 Å². The van der Waals surface area contributed by atoms with Crippen LogP contribution in [0.25, 0.3) is 11.3 Å². The number of nitrogens with two attached hydrogens (primary N) is 1. The van der Waals surface area contributed by atoms with Gasteiger partial charge in [0.15, 0.2) is 0 Å². The van der Waals surface area contributed by atoms with Crippen LogP contribution in [0.5, 0.6) is 5.75 Å². The minimum Gasteiger partial charge on any atom is -0.494 e. The number of hydrogen-bond donors (Lipinski definition) is 1. The van der Waals surface area contributed by atoms with Crippen molar-refractivity contribution in [2.24, 2.45) is 12.8 Å². The molecule has 1 aromatic heterocycles. The summed E-state index contributed by atoms with van der Waals surface area (Å²) in [6.07, 6.45) is 1.02. The number of aromatic nitrogens is 2. The second-order valence-corrected chi connectivity index (χ2v) is 4.22. The molecule has 1 aromatic carbocycles. The van der Waals surface area contributed by atoms with Gasteiger partial charge in [0.05, 0.1) is 18.0 Å². The van der Waals surface area contributed by atoms with Crippen LogP contribution < -0.4 is 10.5 Å². The van der Waals surface area contributed by atoms with Crippen LogP contribution in [0, 0.1) is 0 Å². The summed E-state index contributed by atoms with van der Waals surface area (Å²) in [5.41, 5.74) is 8.69. The van der Waals surface area contributed by atoms with Crippen molar-refractivity contribution in [2.45, 2.75) is 19.9 Å². The molecule has 0 fully saturated rings. The lowest BCUT2D eigenvalue weighted by Gasteiger charge is -2.04. The van der Waals surface area contributed by atoms with Gasteiger partial charge in [-0.2, -0.15) is 5.10 Å². The summed E-state index contributed by atoms with van der Waals surface area (Å²) in [5, 5.41) is 4.44. The van der Waals surface area contributed by atoms with E-state index in [0.717, 1.165) is 35.7 Å². The molecule has 2 rings (SSSR count). The Kier molecular flexibility index (Phi) is 3.99. The molecule has 4 heteroatoms. The van der Waals surface area contributed by atoms with E-state index in [0.29, 0.717) is 6.54 Å². The Morgan fingerprint density at radius 1 is 1.28 bits per heavy atom. The van der Waals surface area contributed by atoms with Crippen molar-refractivity contribution >= 4 is 0 Å². The second kappa shape index (κ2) is 5.69. The van der Waals surface area contributed by atoms with Gasteiger partial charge >= 0.3 is 0 Å². The normalized spacial score (nSPS) is 10.6. The third-order valence-corrected chi connectivity index (χ3v) is 2.81. The Labute approximate surface area is 107 Å². The monoisotopic (exact) mass is 245 g/mol. The molecule has 0 saturated carbocycles. The lowest BCUT2D eigenvalue weighted by atomic mass is 10.1. The number of hydrogen-bond acceptors (Lipinski definition) is 3. The van der Waals surface area contributed by atoms with Crippen molar-refractivity contribution in [3.05, 3.63) is 36.0 Å². The van der Waals surface area contributed by atoms with Crippen LogP contribution in [0.3, 0.4) is 0 Å². The van der Waals surface area contributed by atoms with Crippen LogP contribution in [-0.4, -0.2) is 16.4 Å². The molecule has 2 N–H and O–H groups in total. The molecule has 0 amide bonds. The predicted octanol–water partition coefficient (Wildman–Crippen LogP) is 2.33. The van der Waals surface area contributed by atoms with Gasteiger partial charge < -0.3 is 10.5 Å². The largest absolute Gasteiger partial charge is 0.494 e. The molecular formula is C14H19N3O. The average molecular weight is 245 g/mol. The summed E-state index contributed by atoms with van der Waals surface area (Å²) in [6, 6.07) is 10.0. The maximum absolute atomic E-state index is 5.64. The number of ether oxygens (including phenoxy) is 1. The Balaban J connectivity index is 2.17. The van der Waals surface area contributed by atoms with E-state index < -0.39 is 0 Å². The Bertz CT molecular complexity index is 502. The topological polar surface area (TPSA) is 53.1 Å². The van der Waals surface area contributed by atoms with Crippen LogP contribution in [0.2, 0.25) is 0 Å².